The van der Waals surface area contributed by atoms with Gasteiger partial charge in [0.05, 0.1) is 6.04 Å². The molecule has 4 heteroatoms. The quantitative estimate of drug-likeness (QED) is 0.734. The molecule has 4 rings (SSSR count). The van der Waals surface area contributed by atoms with Gasteiger partial charge < -0.3 is 14.9 Å². The number of rotatable bonds is 5. The number of H-pyrrole nitrogens is 1. The maximum absolute atomic E-state index is 12.3. The number of aromatic amines is 1. The Labute approximate surface area is 141 Å². The van der Waals surface area contributed by atoms with E-state index in [1.54, 1.807) is 0 Å². The van der Waals surface area contributed by atoms with Crippen LogP contribution in [0.2, 0.25) is 0 Å². The Kier molecular flexibility index (Phi) is 4.11. The van der Waals surface area contributed by atoms with Crippen LogP contribution < -0.4 is 5.32 Å². The monoisotopic (exact) mass is 321 g/mol. The molecule has 0 spiro atoms. The average molecular weight is 321 g/mol. The van der Waals surface area contributed by atoms with Crippen molar-refractivity contribution in [2.45, 2.75) is 44.7 Å². The Hall–Kier alpha value is -2.49. The molecule has 0 bridgehead atoms. The van der Waals surface area contributed by atoms with Crippen molar-refractivity contribution in [3.05, 3.63) is 60.0 Å². The van der Waals surface area contributed by atoms with Gasteiger partial charge in [0.2, 0.25) is 5.91 Å². The predicted octanol–water partition coefficient (Wildman–Crippen LogP) is 3.94. The number of benzene rings is 1. The molecule has 2 N–H and O–H groups in total. The summed E-state index contributed by atoms with van der Waals surface area (Å²) >= 11 is 0. The fourth-order valence-electron chi connectivity index (χ4n) is 3.77. The Morgan fingerprint density at radius 1 is 1.21 bits per heavy atom. The first-order valence-corrected chi connectivity index (χ1v) is 8.81. The topological polar surface area (TPSA) is 49.8 Å². The maximum atomic E-state index is 12.3. The van der Waals surface area contributed by atoms with Gasteiger partial charge in [-0.3, -0.25) is 4.79 Å². The van der Waals surface area contributed by atoms with Crippen molar-refractivity contribution in [3.8, 4) is 0 Å². The van der Waals surface area contributed by atoms with Crippen LogP contribution in [0.4, 0.5) is 0 Å². The van der Waals surface area contributed by atoms with Crippen LogP contribution in [-0.2, 0) is 17.8 Å². The summed E-state index contributed by atoms with van der Waals surface area (Å²) < 4.78 is 2.11. The summed E-state index contributed by atoms with van der Waals surface area (Å²) in [5.74, 6) is 0.152. The van der Waals surface area contributed by atoms with Gasteiger partial charge in [-0.25, -0.2) is 0 Å². The van der Waals surface area contributed by atoms with Crippen LogP contribution in [0.3, 0.4) is 0 Å². The van der Waals surface area contributed by atoms with E-state index < -0.39 is 0 Å². The van der Waals surface area contributed by atoms with E-state index in [0.717, 1.165) is 32.2 Å². The molecule has 0 radical (unpaired) electrons. The number of para-hydroxylation sites is 1. The van der Waals surface area contributed by atoms with Gasteiger partial charge in [0.15, 0.2) is 0 Å². The van der Waals surface area contributed by atoms with E-state index in [1.807, 2.05) is 24.5 Å². The van der Waals surface area contributed by atoms with Gasteiger partial charge in [-0.15, -0.1) is 0 Å². The Morgan fingerprint density at radius 2 is 2.04 bits per heavy atom. The van der Waals surface area contributed by atoms with E-state index in [9.17, 15) is 4.79 Å². The number of hydrogen-bond donors (Lipinski definition) is 2. The molecule has 0 saturated heterocycles. The summed E-state index contributed by atoms with van der Waals surface area (Å²) in [4.78, 5) is 15.9. The second kappa shape index (κ2) is 6.56. The number of nitrogens with zero attached hydrogens (tertiary/aromatic N) is 1. The summed E-state index contributed by atoms with van der Waals surface area (Å²) in [7, 11) is 0. The lowest BCUT2D eigenvalue weighted by Gasteiger charge is -2.24. The van der Waals surface area contributed by atoms with E-state index in [-0.39, 0.29) is 11.9 Å². The number of aromatic nitrogens is 2. The SMILES string of the molecule is O=C(CCCn1cccc1)NC1CCCc2c1[nH]c1ccccc21. The third-order valence-electron chi connectivity index (χ3n) is 4.94. The second-order valence-electron chi connectivity index (χ2n) is 6.60. The molecule has 24 heavy (non-hydrogen) atoms. The zero-order valence-electron chi connectivity index (χ0n) is 13.8. The smallest absolute Gasteiger partial charge is 0.220 e. The number of fused-ring (bicyclic) bond motifs is 3. The molecule has 1 atom stereocenters. The molecule has 4 nitrogen and oxygen atoms in total. The highest BCUT2D eigenvalue weighted by Crippen LogP contribution is 2.34. The van der Waals surface area contributed by atoms with Crippen LogP contribution in [-0.4, -0.2) is 15.5 Å². The summed E-state index contributed by atoms with van der Waals surface area (Å²) in [5.41, 5.74) is 3.77. The van der Waals surface area contributed by atoms with Crippen LogP contribution in [0.5, 0.6) is 0 Å². The van der Waals surface area contributed by atoms with Crippen LogP contribution in [0.15, 0.2) is 48.8 Å². The number of amides is 1. The molecule has 1 unspecified atom stereocenters. The number of carbonyl (C=O) groups excluding carboxylic acids is 1. The van der Waals surface area contributed by atoms with Crippen LogP contribution in [0.1, 0.15) is 43.0 Å². The highest BCUT2D eigenvalue weighted by atomic mass is 16.1. The fraction of sp³-hybridized carbons (Fsp3) is 0.350. The first-order valence-electron chi connectivity index (χ1n) is 8.81. The van der Waals surface area contributed by atoms with Crippen LogP contribution in [0, 0.1) is 0 Å². The standard InChI is InChI=1S/C20H23N3O/c24-19(11-6-14-23-12-3-4-13-23)21-18-10-5-8-16-15-7-1-2-9-17(15)22-20(16)18/h1-4,7,9,12-13,18,22H,5-6,8,10-11,14H2,(H,21,24). The highest BCUT2D eigenvalue weighted by molar-refractivity contribution is 5.85. The van der Waals surface area contributed by atoms with Crippen molar-refractivity contribution in [3.63, 3.8) is 0 Å². The molecule has 124 valence electrons. The number of carbonyl (C=O) groups is 1. The Bertz CT molecular complexity index is 832. The maximum Gasteiger partial charge on any atom is 0.220 e. The number of aryl methyl sites for hydroxylation is 2. The Balaban J connectivity index is 1.41. The van der Waals surface area contributed by atoms with Crippen molar-refractivity contribution in [2.24, 2.45) is 0 Å². The fourth-order valence-corrected chi connectivity index (χ4v) is 3.77. The minimum absolute atomic E-state index is 0.125. The third-order valence-corrected chi connectivity index (χ3v) is 4.94. The van der Waals surface area contributed by atoms with E-state index in [0.29, 0.717) is 6.42 Å². The number of hydrogen-bond acceptors (Lipinski definition) is 1. The molecule has 1 amide bonds. The van der Waals surface area contributed by atoms with Crippen molar-refractivity contribution >= 4 is 16.8 Å². The van der Waals surface area contributed by atoms with E-state index in [2.05, 4.69) is 39.1 Å². The lowest BCUT2D eigenvalue weighted by molar-refractivity contribution is -0.122. The van der Waals surface area contributed by atoms with Gasteiger partial charge in [0.25, 0.3) is 0 Å². The molecule has 0 saturated carbocycles. The largest absolute Gasteiger partial charge is 0.356 e. The van der Waals surface area contributed by atoms with E-state index in [1.165, 1.54) is 22.2 Å². The molecule has 1 aliphatic rings. The zero-order chi connectivity index (χ0) is 16.4. The van der Waals surface area contributed by atoms with E-state index >= 15 is 0 Å². The third kappa shape index (κ3) is 2.96. The molecule has 2 aromatic heterocycles. The first-order chi connectivity index (χ1) is 11.8. The normalized spacial score (nSPS) is 16.9. The second-order valence-corrected chi connectivity index (χ2v) is 6.60. The zero-order valence-corrected chi connectivity index (χ0v) is 13.8. The lowest BCUT2D eigenvalue weighted by atomic mass is 9.91. The van der Waals surface area contributed by atoms with Gasteiger partial charge in [-0.05, 0) is 49.4 Å². The van der Waals surface area contributed by atoms with Crippen molar-refractivity contribution in [2.75, 3.05) is 0 Å². The highest BCUT2D eigenvalue weighted by Gasteiger charge is 2.25. The van der Waals surface area contributed by atoms with Gasteiger partial charge >= 0.3 is 0 Å². The van der Waals surface area contributed by atoms with Gasteiger partial charge in [-0.1, -0.05) is 18.2 Å². The first kappa shape index (κ1) is 15.1. The van der Waals surface area contributed by atoms with E-state index in [4.69, 9.17) is 0 Å². The van der Waals surface area contributed by atoms with Gasteiger partial charge in [-0.2, -0.15) is 0 Å². The Morgan fingerprint density at radius 3 is 2.92 bits per heavy atom. The van der Waals surface area contributed by atoms with Gasteiger partial charge in [0.1, 0.15) is 0 Å². The molecular weight excluding hydrogens is 298 g/mol. The summed E-state index contributed by atoms with van der Waals surface area (Å²) in [6, 6.07) is 12.6. The minimum atomic E-state index is 0.125. The summed E-state index contributed by atoms with van der Waals surface area (Å²) in [6.45, 7) is 0.892. The summed E-state index contributed by atoms with van der Waals surface area (Å²) in [5, 5.41) is 4.54. The molecule has 3 aromatic rings. The molecule has 2 heterocycles. The average Bonchev–Trinajstić information content (AvgIpc) is 3.23. The predicted molar refractivity (Wildman–Crippen MR) is 95.8 cm³/mol. The van der Waals surface area contributed by atoms with Crippen LogP contribution in [0.25, 0.3) is 10.9 Å². The molecule has 1 aromatic carbocycles. The lowest BCUT2D eigenvalue weighted by Crippen LogP contribution is -2.31. The number of nitrogens with one attached hydrogen (secondary N) is 2. The molecule has 0 fully saturated rings. The molecular formula is C20H23N3O. The van der Waals surface area contributed by atoms with Gasteiger partial charge in [0, 0.05) is 42.0 Å². The molecule has 0 aliphatic heterocycles. The summed E-state index contributed by atoms with van der Waals surface area (Å²) in [6.07, 6.45) is 8.76. The van der Waals surface area contributed by atoms with Crippen LogP contribution >= 0.6 is 0 Å². The van der Waals surface area contributed by atoms with Crippen molar-refractivity contribution in [1.82, 2.24) is 14.9 Å². The minimum Gasteiger partial charge on any atom is -0.356 e. The van der Waals surface area contributed by atoms with Crippen molar-refractivity contribution < 1.29 is 4.79 Å². The molecule has 1 aliphatic carbocycles. The van der Waals surface area contributed by atoms with Crippen molar-refractivity contribution in [1.29, 1.82) is 0 Å².